The number of aryl methyl sites for hydroxylation is 1. The monoisotopic (exact) mass is 415 g/mol. The molecule has 1 saturated heterocycles. The highest BCUT2D eigenvalue weighted by Gasteiger charge is 2.22. The lowest BCUT2D eigenvalue weighted by Gasteiger charge is -2.37. The van der Waals surface area contributed by atoms with E-state index in [0.29, 0.717) is 13.1 Å². The van der Waals surface area contributed by atoms with Gasteiger partial charge in [-0.05, 0) is 47.4 Å². The van der Waals surface area contributed by atoms with Crippen LogP contribution in [0.3, 0.4) is 0 Å². The average molecular weight is 416 g/mol. The number of fused-ring (bicyclic) bond motifs is 1. The maximum atomic E-state index is 12.6. The quantitative estimate of drug-likeness (QED) is 0.694. The zero-order valence-corrected chi connectivity index (χ0v) is 18.2. The van der Waals surface area contributed by atoms with Crippen LogP contribution in [0.5, 0.6) is 0 Å². The minimum Gasteiger partial charge on any atom is -0.368 e. The summed E-state index contributed by atoms with van der Waals surface area (Å²) in [7, 11) is 0. The number of amides is 2. The molecule has 5 nitrogen and oxygen atoms in total. The molecule has 0 atom stereocenters. The van der Waals surface area contributed by atoms with Crippen molar-refractivity contribution in [2.24, 2.45) is 0 Å². The molecule has 1 heterocycles. The maximum absolute atomic E-state index is 12.6. The smallest absolute Gasteiger partial charge is 0.242 e. The van der Waals surface area contributed by atoms with E-state index < -0.39 is 0 Å². The van der Waals surface area contributed by atoms with Crippen molar-refractivity contribution >= 4 is 28.3 Å². The fourth-order valence-electron chi connectivity index (χ4n) is 4.24. The average Bonchev–Trinajstić information content (AvgIpc) is 2.80. The van der Waals surface area contributed by atoms with Crippen molar-refractivity contribution in [3.8, 4) is 0 Å². The van der Waals surface area contributed by atoms with Crippen LogP contribution in [0, 0.1) is 13.8 Å². The van der Waals surface area contributed by atoms with Crippen molar-refractivity contribution in [3.63, 3.8) is 0 Å². The largest absolute Gasteiger partial charge is 0.368 e. The molecule has 3 aromatic carbocycles. The molecule has 31 heavy (non-hydrogen) atoms. The Balaban J connectivity index is 1.28. The topological polar surface area (TPSA) is 52.6 Å². The maximum Gasteiger partial charge on any atom is 0.242 e. The normalized spacial score (nSPS) is 14.0. The summed E-state index contributed by atoms with van der Waals surface area (Å²) in [6.07, 6.45) is 0.273. The van der Waals surface area contributed by atoms with Crippen molar-refractivity contribution in [3.05, 3.63) is 77.4 Å². The number of hydrogen-bond acceptors (Lipinski definition) is 3. The first-order chi connectivity index (χ1) is 15.0. The summed E-state index contributed by atoms with van der Waals surface area (Å²) in [6.45, 7) is 7.27. The van der Waals surface area contributed by atoms with Gasteiger partial charge in [0.25, 0.3) is 0 Å². The summed E-state index contributed by atoms with van der Waals surface area (Å²) in [5.41, 5.74) is 4.80. The molecule has 0 aliphatic carbocycles. The number of rotatable bonds is 5. The van der Waals surface area contributed by atoms with E-state index >= 15 is 0 Å². The lowest BCUT2D eigenvalue weighted by molar-refractivity contribution is -0.133. The number of nitrogens with zero attached hydrogens (tertiary/aromatic N) is 2. The predicted molar refractivity (Wildman–Crippen MR) is 125 cm³/mol. The molecule has 0 bridgehead atoms. The number of hydrogen-bond donors (Lipinski definition) is 1. The highest BCUT2D eigenvalue weighted by Crippen LogP contribution is 2.24. The number of nitrogens with one attached hydrogen (secondary N) is 1. The van der Waals surface area contributed by atoms with Crippen LogP contribution < -0.4 is 10.2 Å². The summed E-state index contributed by atoms with van der Waals surface area (Å²) < 4.78 is 0. The molecule has 0 spiro atoms. The van der Waals surface area contributed by atoms with Crippen molar-refractivity contribution in [1.29, 1.82) is 0 Å². The predicted octanol–water partition coefficient (Wildman–Crippen LogP) is 3.46. The summed E-state index contributed by atoms with van der Waals surface area (Å²) in [5.74, 6) is -0.148. The van der Waals surface area contributed by atoms with Gasteiger partial charge in [-0.3, -0.25) is 9.59 Å². The molecular weight excluding hydrogens is 386 g/mol. The molecular formula is C26H29N3O2. The van der Waals surface area contributed by atoms with Gasteiger partial charge < -0.3 is 15.1 Å². The van der Waals surface area contributed by atoms with Gasteiger partial charge in [-0.25, -0.2) is 0 Å². The van der Waals surface area contributed by atoms with Gasteiger partial charge in [0, 0.05) is 31.9 Å². The Morgan fingerprint density at radius 3 is 2.39 bits per heavy atom. The second kappa shape index (κ2) is 9.21. The summed E-state index contributed by atoms with van der Waals surface area (Å²) in [4.78, 5) is 29.3. The van der Waals surface area contributed by atoms with Gasteiger partial charge in [-0.15, -0.1) is 0 Å². The number of anilines is 1. The van der Waals surface area contributed by atoms with Crippen LogP contribution in [0.4, 0.5) is 5.69 Å². The molecule has 0 radical (unpaired) electrons. The third kappa shape index (κ3) is 4.71. The molecule has 160 valence electrons. The zero-order chi connectivity index (χ0) is 21.8. The molecule has 0 unspecified atom stereocenters. The van der Waals surface area contributed by atoms with Crippen LogP contribution in [0.2, 0.25) is 0 Å². The molecule has 2 amide bonds. The molecule has 3 aromatic rings. The molecule has 4 rings (SSSR count). The van der Waals surface area contributed by atoms with E-state index in [-0.39, 0.29) is 24.8 Å². The Labute approximate surface area is 183 Å². The van der Waals surface area contributed by atoms with E-state index in [0.717, 1.165) is 29.4 Å². The SMILES string of the molecule is Cc1cccc(N2CCN(C(=O)CNC(=O)Cc3cccc4ccccc34)CC2)c1C. The standard InChI is InChI=1S/C26H29N3O2/c1-19-7-5-12-24(20(19)2)28-13-15-29(16-14-28)26(31)18-27-25(30)17-22-10-6-9-21-8-3-4-11-23(21)22/h3-12H,13-18H2,1-2H3,(H,27,30). The summed E-state index contributed by atoms with van der Waals surface area (Å²) >= 11 is 0. The first kappa shape index (κ1) is 20.9. The van der Waals surface area contributed by atoms with Crippen LogP contribution in [0.15, 0.2) is 60.7 Å². The summed E-state index contributed by atoms with van der Waals surface area (Å²) in [6, 6.07) is 20.4. The minimum atomic E-state index is -0.126. The third-order valence-electron chi connectivity index (χ3n) is 6.22. The highest BCUT2D eigenvalue weighted by molar-refractivity contribution is 5.91. The fraction of sp³-hybridized carbons (Fsp3) is 0.308. The Hall–Kier alpha value is -3.34. The van der Waals surface area contributed by atoms with Gasteiger partial charge >= 0.3 is 0 Å². The molecule has 0 aromatic heterocycles. The van der Waals surface area contributed by atoms with Crippen molar-refractivity contribution in [1.82, 2.24) is 10.2 Å². The van der Waals surface area contributed by atoms with E-state index in [1.54, 1.807) is 0 Å². The van der Waals surface area contributed by atoms with E-state index in [2.05, 4.69) is 42.3 Å². The number of carbonyl (C=O) groups excluding carboxylic acids is 2. The van der Waals surface area contributed by atoms with E-state index in [1.807, 2.05) is 47.4 Å². The Bertz CT molecular complexity index is 1100. The Kier molecular flexibility index (Phi) is 6.21. The summed E-state index contributed by atoms with van der Waals surface area (Å²) in [5, 5.41) is 5.00. The molecule has 5 heteroatoms. The minimum absolute atomic E-state index is 0.0214. The zero-order valence-electron chi connectivity index (χ0n) is 18.2. The third-order valence-corrected chi connectivity index (χ3v) is 6.22. The van der Waals surface area contributed by atoms with Crippen LogP contribution in [-0.4, -0.2) is 49.4 Å². The van der Waals surface area contributed by atoms with Crippen LogP contribution in [-0.2, 0) is 16.0 Å². The first-order valence-corrected chi connectivity index (χ1v) is 10.8. The van der Waals surface area contributed by atoms with Gasteiger partial charge in [0.15, 0.2) is 0 Å². The van der Waals surface area contributed by atoms with Gasteiger partial charge in [0.1, 0.15) is 0 Å². The molecule has 1 N–H and O–H groups in total. The molecule has 0 saturated carbocycles. The van der Waals surface area contributed by atoms with E-state index in [9.17, 15) is 9.59 Å². The van der Waals surface area contributed by atoms with Crippen LogP contribution in [0.25, 0.3) is 10.8 Å². The lowest BCUT2D eigenvalue weighted by atomic mass is 10.0. The van der Waals surface area contributed by atoms with Crippen molar-refractivity contribution in [2.45, 2.75) is 20.3 Å². The second-order valence-electron chi connectivity index (χ2n) is 8.18. The van der Waals surface area contributed by atoms with E-state index in [4.69, 9.17) is 0 Å². The van der Waals surface area contributed by atoms with Crippen LogP contribution in [0.1, 0.15) is 16.7 Å². The van der Waals surface area contributed by atoms with Crippen molar-refractivity contribution < 1.29 is 9.59 Å². The fourth-order valence-corrected chi connectivity index (χ4v) is 4.24. The van der Waals surface area contributed by atoms with Crippen LogP contribution >= 0.6 is 0 Å². The number of benzene rings is 3. The van der Waals surface area contributed by atoms with Gasteiger partial charge in [0.2, 0.25) is 11.8 Å². The van der Waals surface area contributed by atoms with Gasteiger partial charge in [-0.2, -0.15) is 0 Å². The van der Waals surface area contributed by atoms with Crippen molar-refractivity contribution in [2.75, 3.05) is 37.6 Å². The number of piperazine rings is 1. The second-order valence-corrected chi connectivity index (χ2v) is 8.18. The van der Waals surface area contributed by atoms with E-state index in [1.165, 1.54) is 16.8 Å². The molecule has 1 fully saturated rings. The van der Waals surface area contributed by atoms with Gasteiger partial charge in [0.05, 0.1) is 13.0 Å². The Morgan fingerprint density at radius 1 is 0.871 bits per heavy atom. The Morgan fingerprint density at radius 2 is 1.58 bits per heavy atom. The molecule has 1 aliphatic rings. The highest BCUT2D eigenvalue weighted by atomic mass is 16.2. The lowest BCUT2D eigenvalue weighted by Crippen LogP contribution is -2.51. The van der Waals surface area contributed by atoms with Gasteiger partial charge in [-0.1, -0.05) is 54.6 Å². The first-order valence-electron chi connectivity index (χ1n) is 10.8. The molecule has 1 aliphatic heterocycles. The number of carbonyl (C=O) groups is 2.